The zero-order valence-electron chi connectivity index (χ0n) is 13.0. The normalized spacial score (nSPS) is 15.4. The van der Waals surface area contributed by atoms with Crippen molar-refractivity contribution in [3.63, 3.8) is 0 Å². The highest BCUT2D eigenvalue weighted by Gasteiger charge is 2.27. The van der Waals surface area contributed by atoms with Crippen LogP contribution in [0.25, 0.3) is 0 Å². The molecule has 0 radical (unpaired) electrons. The molecule has 0 atom stereocenters. The van der Waals surface area contributed by atoms with Crippen molar-refractivity contribution in [3.8, 4) is 5.75 Å². The van der Waals surface area contributed by atoms with E-state index in [0.717, 1.165) is 29.6 Å². The fourth-order valence-corrected chi connectivity index (χ4v) is 4.23. The molecule has 1 aliphatic rings. The minimum Gasteiger partial charge on any atom is -0.486 e. The predicted octanol–water partition coefficient (Wildman–Crippen LogP) is 2.37. The molecule has 7 heteroatoms. The number of nitrogens with zero attached hydrogens (tertiary/aromatic N) is 2. The lowest BCUT2D eigenvalue weighted by Gasteiger charge is -2.28. The monoisotopic (exact) mass is 329 g/mol. The number of hydrogen-bond acceptors (Lipinski definition) is 6. The zero-order chi connectivity index (χ0) is 15.6. The van der Waals surface area contributed by atoms with Crippen molar-refractivity contribution in [2.45, 2.75) is 20.0 Å². The third-order valence-electron chi connectivity index (χ3n) is 3.13. The van der Waals surface area contributed by atoms with Gasteiger partial charge in [-0.3, -0.25) is 4.79 Å². The fraction of sp³-hybridized carbons (Fsp3) is 0.643. The van der Waals surface area contributed by atoms with Crippen molar-refractivity contribution in [1.29, 1.82) is 0 Å². The number of nitrogens with two attached hydrogens (primary N) is 1. The van der Waals surface area contributed by atoms with Gasteiger partial charge in [0.2, 0.25) is 0 Å². The third kappa shape index (κ3) is 3.58. The number of carbonyl (C=O) groups is 1. The molecule has 0 unspecified atom stereocenters. The van der Waals surface area contributed by atoms with Crippen LogP contribution in [0.2, 0.25) is 0 Å². The maximum Gasteiger partial charge on any atom is 0.265 e. The van der Waals surface area contributed by atoms with Crippen molar-refractivity contribution >= 4 is 39.7 Å². The van der Waals surface area contributed by atoms with E-state index in [-0.39, 0.29) is 12.0 Å². The molecule has 1 saturated heterocycles. The fourth-order valence-electron chi connectivity index (χ4n) is 2.10. The Kier molecular flexibility index (Phi) is 5.27. The summed E-state index contributed by atoms with van der Waals surface area (Å²) in [5, 5.41) is 0.992. The van der Waals surface area contributed by atoms with Crippen LogP contribution in [0.3, 0.4) is 0 Å². The number of anilines is 2. The summed E-state index contributed by atoms with van der Waals surface area (Å²) in [5.74, 6) is 2.79. The quantitative estimate of drug-likeness (QED) is 0.919. The minimum absolute atomic E-state index is 0.0297. The Morgan fingerprint density at radius 1 is 1.33 bits per heavy atom. The van der Waals surface area contributed by atoms with E-state index in [4.69, 9.17) is 10.5 Å². The summed E-state index contributed by atoms with van der Waals surface area (Å²) in [5.41, 5.74) is 6.68. The van der Waals surface area contributed by atoms with Gasteiger partial charge in [-0.25, -0.2) is 0 Å². The molecule has 2 N–H and O–H groups in total. The first-order valence-electron chi connectivity index (χ1n) is 7.05. The highest BCUT2D eigenvalue weighted by atomic mass is 32.2. The molecular weight excluding hydrogens is 306 g/mol. The van der Waals surface area contributed by atoms with E-state index < -0.39 is 0 Å². The number of thiophene rings is 1. The Morgan fingerprint density at radius 3 is 2.48 bits per heavy atom. The van der Waals surface area contributed by atoms with Gasteiger partial charge in [-0.2, -0.15) is 11.8 Å². The van der Waals surface area contributed by atoms with Crippen LogP contribution in [0.4, 0.5) is 10.7 Å². The molecule has 0 bridgehead atoms. The topological polar surface area (TPSA) is 58.8 Å². The van der Waals surface area contributed by atoms with Crippen LogP contribution in [0.15, 0.2) is 0 Å². The highest BCUT2D eigenvalue weighted by molar-refractivity contribution is 7.99. The van der Waals surface area contributed by atoms with Crippen LogP contribution in [-0.4, -0.2) is 55.6 Å². The first kappa shape index (κ1) is 16.3. The van der Waals surface area contributed by atoms with Gasteiger partial charge in [-0.1, -0.05) is 0 Å². The predicted molar refractivity (Wildman–Crippen MR) is 92.1 cm³/mol. The van der Waals surface area contributed by atoms with Gasteiger partial charge < -0.3 is 20.3 Å². The Morgan fingerprint density at radius 2 is 1.95 bits per heavy atom. The lowest BCUT2D eigenvalue weighted by molar-refractivity contribution is 0.0833. The molecule has 21 heavy (non-hydrogen) atoms. The van der Waals surface area contributed by atoms with E-state index >= 15 is 0 Å². The standard InChI is InChI=1S/C14H23N3O2S2/c1-9(2)19-11-10(15)12(13(18)16(3)4)21-14(11)17-5-7-20-8-6-17/h9H,5-8,15H2,1-4H3. The van der Waals surface area contributed by atoms with Crippen molar-refractivity contribution in [3.05, 3.63) is 4.88 Å². The SMILES string of the molecule is CC(C)Oc1c(N2CCSCC2)sc(C(=O)N(C)C)c1N. The number of rotatable bonds is 4. The van der Waals surface area contributed by atoms with Gasteiger partial charge in [0.05, 0.1) is 6.10 Å². The summed E-state index contributed by atoms with van der Waals surface area (Å²) in [6.07, 6.45) is 0.0297. The highest BCUT2D eigenvalue weighted by Crippen LogP contribution is 2.46. The molecule has 5 nitrogen and oxygen atoms in total. The summed E-state index contributed by atoms with van der Waals surface area (Å²) in [4.78, 5) is 16.7. The summed E-state index contributed by atoms with van der Waals surface area (Å²) in [6.45, 7) is 5.88. The van der Waals surface area contributed by atoms with Gasteiger partial charge in [0.25, 0.3) is 5.91 Å². The Balaban J connectivity index is 2.41. The molecule has 0 saturated carbocycles. The van der Waals surface area contributed by atoms with Gasteiger partial charge in [0, 0.05) is 38.7 Å². The maximum atomic E-state index is 12.3. The minimum atomic E-state index is -0.0660. The first-order chi connectivity index (χ1) is 9.91. The number of thioether (sulfide) groups is 1. The number of nitrogen functional groups attached to an aromatic ring is 1. The average Bonchev–Trinajstić information content (AvgIpc) is 2.76. The van der Waals surface area contributed by atoms with Crippen LogP contribution in [0.1, 0.15) is 23.5 Å². The van der Waals surface area contributed by atoms with E-state index in [1.54, 1.807) is 19.0 Å². The second kappa shape index (κ2) is 6.79. The Bertz CT molecular complexity index is 509. The lowest BCUT2D eigenvalue weighted by Crippen LogP contribution is -2.32. The number of ether oxygens (including phenoxy) is 1. The second-order valence-electron chi connectivity index (χ2n) is 5.44. The summed E-state index contributed by atoms with van der Waals surface area (Å²) < 4.78 is 5.91. The molecule has 1 fully saturated rings. The molecule has 1 aliphatic heterocycles. The van der Waals surface area contributed by atoms with Crippen LogP contribution in [0.5, 0.6) is 5.75 Å². The number of hydrogen-bond donors (Lipinski definition) is 1. The second-order valence-corrected chi connectivity index (χ2v) is 7.67. The average molecular weight is 329 g/mol. The largest absolute Gasteiger partial charge is 0.486 e. The molecule has 1 aromatic heterocycles. The van der Waals surface area contributed by atoms with Crippen LogP contribution < -0.4 is 15.4 Å². The van der Waals surface area contributed by atoms with E-state index in [9.17, 15) is 4.79 Å². The van der Waals surface area contributed by atoms with Gasteiger partial charge in [-0.15, -0.1) is 11.3 Å². The zero-order valence-corrected chi connectivity index (χ0v) is 14.6. The summed E-state index contributed by atoms with van der Waals surface area (Å²) in [7, 11) is 3.48. The molecule has 1 aromatic rings. The van der Waals surface area contributed by atoms with Gasteiger partial charge >= 0.3 is 0 Å². The van der Waals surface area contributed by atoms with Crippen molar-refractivity contribution in [2.24, 2.45) is 0 Å². The van der Waals surface area contributed by atoms with Crippen LogP contribution in [-0.2, 0) is 0 Å². The molecule has 1 amide bonds. The Labute approximate surface area is 134 Å². The van der Waals surface area contributed by atoms with E-state index in [1.165, 1.54) is 11.3 Å². The molecule has 2 rings (SSSR count). The van der Waals surface area contributed by atoms with Gasteiger partial charge in [0.1, 0.15) is 15.6 Å². The summed E-state index contributed by atoms with van der Waals surface area (Å²) >= 11 is 3.40. The Hall–Kier alpha value is -1.08. The first-order valence-corrected chi connectivity index (χ1v) is 9.02. The van der Waals surface area contributed by atoms with Crippen LogP contribution in [0, 0.1) is 0 Å². The van der Waals surface area contributed by atoms with Crippen molar-refractivity contribution in [2.75, 3.05) is 49.3 Å². The van der Waals surface area contributed by atoms with Gasteiger partial charge in [0.15, 0.2) is 5.75 Å². The van der Waals surface area contributed by atoms with Gasteiger partial charge in [-0.05, 0) is 13.8 Å². The molecule has 118 valence electrons. The molecule has 0 aromatic carbocycles. The van der Waals surface area contributed by atoms with Crippen molar-refractivity contribution in [1.82, 2.24) is 4.90 Å². The molecule has 0 aliphatic carbocycles. The van der Waals surface area contributed by atoms with E-state index in [2.05, 4.69) is 4.90 Å². The number of amides is 1. The number of carbonyl (C=O) groups excluding carboxylic acids is 1. The molecule has 2 heterocycles. The molecular formula is C14H23N3O2S2. The maximum absolute atomic E-state index is 12.3. The third-order valence-corrected chi connectivity index (χ3v) is 5.31. The van der Waals surface area contributed by atoms with E-state index in [1.807, 2.05) is 25.6 Å². The molecule has 0 spiro atoms. The van der Waals surface area contributed by atoms with Crippen molar-refractivity contribution < 1.29 is 9.53 Å². The van der Waals surface area contributed by atoms with Crippen LogP contribution >= 0.6 is 23.1 Å². The smallest absolute Gasteiger partial charge is 0.265 e. The summed E-state index contributed by atoms with van der Waals surface area (Å²) in [6, 6.07) is 0. The van der Waals surface area contributed by atoms with E-state index in [0.29, 0.717) is 16.3 Å². The lowest BCUT2D eigenvalue weighted by atomic mass is 10.3.